The summed E-state index contributed by atoms with van der Waals surface area (Å²) in [5.41, 5.74) is 3.06. The van der Waals surface area contributed by atoms with Gasteiger partial charge in [-0.2, -0.15) is 0 Å². The highest BCUT2D eigenvalue weighted by Crippen LogP contribution is 2.27. The van der Waals surface area contributed by atoms with Crippen molar-refractivity contribution in [3.63, 3.8) is 0 Å². The van der Waals surface area contributed by atoms with Crippen LogP contribution in [-0.4, -0.2) is 60.7 Å². The fourth-order valence-corrected chi connectivity index (χ4v) is 3.86. The second-order valence-corrected chi connectivity index (χ2v) is 7.81. The van der Waals surface area contributed by atoms with Crippen molar-refractivity contribution in [2.75, 3.05) is 38.1 Å². The zero-order chi connectivity index (χ0) is 19.6. The lowest BCUT2D eigenvalue weighted by atomic mass is 9.98. The Balaban J connectivity index is 1.62. The largest absolute Gasteiger partial charge is 0.341 e. The van der Waals surface area contributed by atoms with Gasteiger partial charge in [-0.1, -0.05) is 26.0 Å². The number of fused-ring (bicyclic) bond motifs is 1. The van der Waals surface area contributed by atoms with Crippen LogP contribution in [0.25, 0.3) is 0 Å². The molecule has 0 atom stereocenters. The quantitative estimate of drug-likeness (QED) is 0.815. The molecule has 6 heteroatoms. The van der Waals surface area contributed by atoms with E-state index in [9.17, 15) is 14.4 Å². The average Bonchev–Trinajstić information content (AvgIpc) is 2.90. The van der Waals surface area contributed by atoms with Gasteiger partial charge in [0.1, 0.15) is 0 Å². The Morgan fingerprint density at radius 3 is 2.48 bits per heavy atom. The van der Waals surface area contributed by atoms with Crippen molar-refractivity contribution in [2.45, 2.75) is 39.5 Å². The predicted octanol–water partition coefficient (Wildman–Crippen LogP) is 1.85. The zero-order valence-electron chi connectivity index (χ0n) is 16.5. The smallest absolute Gasteiger partial charge is 0.227 e. The molecule has 0 radical (unpaired) electrons. The molecule has 3 amide bonds. The first kappa shape index (κ1) is 19.4. The van der Waals surface area contributed by atoms with Gasteiger partial charge < -0.3 is 14.7 Å². The summed E-state index contributed by atoms with van der Waals surface area (Å²) in [6.07, 6.45) is 2.44. The lowest BCUT2D eigenvalue weighted by Crippen LogP contribution is -2.39. The topological polar surface area (TPSA) is 60.9 Å². The predicted molar refractivity (Wildman–Crippen MR) is 104 cm³/mol. The summed E-state index contributed by atoms with van der Waals surface area (Å²) in [7, 11) is 1.80. The van der Waals surface area contributed by atoms with Crippen molar-refractivity contribution in [3.8, 4) is 0 Å². The van der Waals surface area contributed by atoms with Gasteiger partial charge in [0.2, 0.25) is 17.7 Å². The van der Waals surface area contributed by atoms with E-state index < -0.39 is 0 Å². The number of hydrogen-bond donors (Lipinski definition) is 0. The molecule has 2 heterocycles. The van der Waals surface area contributed by atoms with Crippen LogP contribution in [0.2, 0.25) is 0 Å². The van der Waals surface area contributed by atoms with E-state index in [1.165, 1.54) is 0 Å². The molecule has 146 valence electrons. The third-order valence-electron chi connectivity index (χ3n) is 5.50. The highest BCUT2D eigenvalue weighted by Gasteiger charge is 2.24. The molecular formula is C21H29N3O3. The van der Waals surface area contributed by atoms with E-state index in [-0.39, 0.29) is 23.6 Å². The van der Waals surface area contributed by atoms with Gasteiger partial charge in [-0.15, -0.1) is 0 Å². The molecule has 27 heavy (non-hydrogen) atoms. The van der Waals surface area contributed by atoms with Crippen LogP contribution >= 0.6 is 0 Å². The van der Waals surface area contributed by atoms with Crippen LogP contribution < -0.4 is 4.90 Å². The molecule has 0 bridgehead atoms. The molecular weight excluding hydrogens is 342 g/mol. The molecule has 1 fully saturated rings. The third-order valence-corrected chi connectivity index (χ3v) is 5.50. The zero-order valence-corrected chi connectivity index (χ0v) is 16.5. The molecule has 0 aliphatic carbocycles. The third kappa shape index (κ3) is 4.31. The lowest BCUT2D eigenvalue weighted by Gasteiger charge is -2.26. The second kappa shape index (κ2) is 8.11. The summed E-state index contributed by atoms with van der Waals surface area (Å²) in [6.45, 7) is 6.46. The van der Waals surface area contributed by atoms with Gasteiger partial charge in [0.05, 0.1) is 6.42 Å². The first-order valence-electron chi connectivity index (χ1n) is 9.81. The summed E-state index contributed by atoms with van der Waals surface area (Å²) >= 11 is 0. The van der Waals surface area contributed by atoms with Gasteiger partial charge >= 0.3 is 0 Å². The maximum absolute atomic E-state index is 12.8. The Morgan fingerprint density at radius 2 is 1.74 bits per heavy atom. The minimum Gasteiger partial charge on any atom is -0.341 e. The monoisotopic (exact) mass is 371 g/mol. The Bertz CT molecular complexity index is 744. The number of aryl methyl sites for hydroxylation is 1. The molecule has 0 saturated carbocycles. The molecule has 3 rings (SSSR count). The number of nitrogens with zero attached hydrogens (tertiary/aromatic N) is 3. The van der Waals surface area contributed by atoms with Gasteiger partial charge in [0.25, 0.3) is 0 Å². The van der Waals surface area contributed by atoms with Crippen LogP contribution in [0.1, 0.15) is 37.8 Å². The molecule has 0 unspecified atom stereocenters. The van der Waals surface area contributed by atoms with Crippen LogP contribution in [0.3, 0.4) is 0 Å². The normalized spacial score (nSPS) is 17.8. The number of anilines is 1. The molecule has 0 N–H and O–H groups in total. The lowest BCUT2D eigenvalue weighted by molar-refractivity contribution is -0.135. The minimum absolute atomic E-state index is 0.00670. The summed E-state index contributed by atoms with van der Waals surface area (Å²) in [5, 5.41) is 0. The highest BCUT2D eigenvalue weighted by atomic mass is 16.2. The van der Waals surface area contributed by atoms with Crippen LogP contribution in [0, 0.1) is 5.92 Å². The van der Waals surface area contributed by atoms with Crippen molar-refractivity contribution in [1.29, 1.82) is 0 Å². The van der Waals surface area contributed by atoms with Crippen LogP contribution in [0.4, 0.5) is 5.69 Å². The standard InChI is InChI=1S/C21H29N3O3/c1-15(2)21(27)24-10-4-9-23(11-12-24)20(26)14-16-5-7-18-17(13-16)6-8-19(25)22(18)3/h5,7,13,15H,4,6,8-12,14H2,1-3H3. The Hall–Kier alpha value is -2.37. The van der Waals surface area contributed by atoms with Gasteiger partial charge in [0, 0.05) is 51.3 Å². The van der Waals surface area contributed by atoms with Crippen LogP contribution in [-0.2, 0) is 27.2 Å². The molecule has 2 aliphatic heterocycles. The number of benzene rings is 1. The van der Waals surface area contributed by atoms with Gasteiger partial charge in [-0.05, 0) is 30.0 Å². The molecule has 0 aromatic heterocycles. The fraction of sp³-hybridized carbons (Fsp3) is 0.571. The van der Waals surface area contributed by atoms with E-state index in [1.54, 1.807) is 11.9 Å². The maximum atomic E-state index is 12.8. The van der Waals surface area contributed by atoms with Crippen LogP contribution in [0.5, 0.6) is 0 Å². The summed E-state index contributed by atoms with van der Waals surface area (Å²) in [6, 6.07) is 5.95. The van der Waals surface area contributed by atoms with E-state index >= 15 is 0 Å². The second-order valence-electron chi connectivity index (χ2n) is 7.81. The van der Waals surface area contributed by atoms with Crippen LogP contribution in [0.15, 0.2) is 18.2 Å². The van der Waals surface area contributed by atoms with E-state index in [0.29, 0.717) is 32.5 Å². The minimum atomic E-state index is -0.00670. The van der Waals surface area contributed by atoms with E-state index in [1.807, 2.05) is 35.8 Å². The van der Waals surface area contributed by atoms with Gasteiger partial charge in [-0.25, -0.2) is 0 Å². The summed E-state index contributed by atoms with van der Waals surface area (Å²) in [4.78, 5) is 42.2. The number of carbonyl (C=O) groups excluding carboxylic acids is 3. The van der Waals surface area contributed by atoms with E-state index in [0.717, 1.165) is 36.2 Å². The molecule has 2 aliphatic rings. The first-order chi connectivity index (χ1) is 12.9. The van der Waals surface area contributed by atoms with Crippen molar-refractivity contribution < 1.29 is 14.4 Å². The molecule has 1 saturated heterocycles. The number of carbonyl (C=O) groups is 3. The number of rotatable bonds is 3. The summed E-state index contributed by atoms with van der Waals surface area (Å²) < 4.78 is 0. The Morgan fingerprint density at radius 1 is 1.04 bits per heavy atom. The maximum Gasteiger partial charge on any atom is 0.227 e. The Labute approximate surface area is 161 Å². The van der Waals surface area contributed by atoms with Crippen molar-refractivity contribution in [3.05, 3.63) is 29.3 Å². The SMILES string of the molecule is CC(C)C(=O)N1CCCN(C(=O)Cc2ccc3c(c2)CCC(=O)N3C)CC1. The molecule has 1 aromatic rings. The van der Waals surface area contributed by atoms with Crippen molar-refractivity contribution in [2.24, 2.45) is 5.92 Å². The van der Waals surface area contributed by atoms with Crippen molar-refractivity contribution >= 4 is 23.4 Å². The first-order valence-corrected chi connectivity index (χ1v) is 9.81. The van der Waals surface area contributed by atoms with Crippen molar-refractivity contribution in [1.82, 2.24) is 9.80 Å². The number of amides is 3. The number of hydrogen-bond acceptors (Lipinski definition) is 3. The molecule has 0 spiro atoms. The molecule has 1 aromatic carbocycles. The van der Waals surface area contributed by atoms with Gasteiger partial charge in [-0.3, -0.25) is 14.4 Å². The molecule has 6 nitrogen and oxygen atoms in total. The van der Waals surface area contributed by atoms with E-state index in [2.05, 4.69) is 6.07 Å². The Kier molecular flexibility index (Phi) is 5.82. The van der Waals surface area contributed by atoms with E-state index in [4.69, 9.17) is 0 Å². The van der Waals surface area contributed by atoms with Gasteiger partial charge in [0.15, 0.2) is 0 Å². The summed E-state index contributed by atoms with van der Waals surface area (Å²) in [5.74, 6) is 0.399. The average molecular weight is 371 g/mol. The fourth-order valence-electron chi connectivity index (χ4n) is 3.86. The highest BCUT2D eigenvalue weighted by molar-refractivity contribution is 5.96.